The molecule has 0 bridgehead atoms. The van der Waals surface area contributed by atoms with Crippen LogP contribution >= 0.6 is 0 Å². The van der Waals surface area contributed by atoms with Gasteiger partial charge in [0.15, 0.2) is 0 Å². The predicted octanol–water partition coefficient (Wildman–Crippen LogP) is 2.60. The number of hydrogen-bond donors (Lipinski definition) is 2. The number of para-hydroxylation sites is 1. The second-order valence-electron chi connectivity index (χ2n) is 4.43. The van der Waals surface area contributed by atoms with E-state index in [9.17, 15) is 9.59 Å². The average molecular weight is 245 g/mol. The molecule has 94 valence electrons. The number of benzene rings is 1. The molecule has 0 radical (unpaired) electrons. The van der Waals surface area contributed by atoms with E-state index in [1.54, 1.807) is 19.1 Å². The third-order valence-corrected chi connectivity index (χ3v) is 3.13. The molecule has 0 heterocycles. The van der Waals surface area contributed by atoms with Gasteiger partial charge in [-0.2, -0.15) is 0 Å². The highest BCUT2D eigenvalue weighted by atomic mass is 16.4. The molecule has 0 aliphatic heterocycles. The fraction of sp³-hybridized carbons (Fsp3) is 0.286. The molecular formula is C14H15NO3. The highest BCUT2D eigenvalue weighted by Gasteiger charge is 2.21. The van der Waals surface area contributed by atoms with Crippen LogP contribution in [-0.2, 0) is 4.79 Å². The van der Waals surface area contributed by atoms with Crippen molar-refractivity contribution >= 4 is 17.6 Å². The number of nitrogens with one attached hydrogen (secondary N) is 1. The molecular weight excluding hydrogens is 230 g/mol. The van der Waals surface area contributed by atoms with Gasteiger partial charge in [0.25, 0.3) is 0 Å². The lowest BCUT2D eigenvalue weighted by atomic mass is 10.0. The van der Waals surface area contributed by atoms with Crippen LogP contribution < -0.4 is 5.32 Å². The van der Waals surface area contributed by atoms with Crippen molar-refractivity contribution in [1.29, 1.82) is 0 Å². The molecule has 1 amide bonds. The minimum absolute atomic E-state index is 0.0775. The smallest absolute Gasteiger partial charge is 0.337 e. The van der Waals surface area contributed by atoms with Gasteiger partial charge in [-0.25, -0.2) is 4.79 Å². The molecule has 4 heteroatoms. The van der Waals surface area contributed by atoms with E-state index in [4.69, 9.17) is 5.11 Å². The van der Waals surface area contributed by atoms with E-state index in [-0.39, 0.29) is 17.4 Å². The van der Waals surface area contributed by atoms with E-state index in [1.165, 1.54) is 6.07 Å². The van der Waals surface area contributed by atoms with Gasteiger partial charge in [0.05, 0.1) is 11.3 Å². The fourth-order valence-electron chi connectivity index (χ4n) is 2.07. The second-order valence-corrected chi connectivity index (χ2v) is 4.43. The summed E-state index contributed by atoms with van der Waals surface area (Å²) in [6, 6.07) is 4.96. The summed E-state index contributed by atoms with van der Waals surface area (Å²) in [4.78, 5) is 23.1. The molecule has 1 aliphatic carbocycles. The summed E-state index contributed by atoms with van der Waals surface area (Å²) in [5.41, 5.74) is 1.30. The van der Waals surface area contributed by atoms with Gasteiger partial charge < -0.3 is 10.4 Å². The van der Waals surface area contributed by atoms with E-state index >= 15 is 0 Å². The third kappa shape index (κ3) is 2.42. The normalized spacial score (nSPS) is 14.7. The van der Waals surface area contributed by atoms with Gasteiger partial charge in [0.1, 0.15) is 0 Å². The van der Waals surface area contributed by atoms with Gasteiger partial charge in [0, 0.05) is 5.92 Å². The Morgan fingerprint density at radius 3 is 2.56 bits per heavy atom. The summed E-state index contributed by atoms with van der Waals surface area (Å²) < 4.78 is 0. The van der Waals surface area contributed by atoms with Crippen LogP contribution in [0.25, 0.3) is 0 Å². The maximum Gasteiger partial charge on any atom is 0.337 e. The highest BCUT2D eigenvalue weighted by Crippen LogP contribution is 2.24. The zero-order valence-corrected chi connectivity index (χ0v) is 10.1. The number of amides is 1. The molecule has 18 heavy (non-hydrogen) atoms. The molecule has 0 atom stereocenters. The number of aromatic carboxylic acids is 1. The maximum absolute atomic E-state index is 12.0. The minimum atomic E-state index is -1.03. The van der Waals surface area contributed by atoms with Gasteiger partial charge in [-0.1, -0.05) is 24.3 Å². The number of carboxylic acid groups (broad SMARTS) is 1. The lowest BCUT2D eigenvalue weighted by Crippen LogP contribution is -2.22. The summed E-state index contributed by atoms with van der Waals surface area (Å²) in [6.45, 7) is 1.79. The maximum atomic E-state index is 12.0. The van der Waals surface area contributed by atoms with E-state index in [2.05, 4.69) is 5.32 Å². The Labute approximate surface area is 105 Å². The first-order valence-corrected chi connectivity index (χ1v) is 5.88. The molecule has 4 nitrogen and oxygen atoms in total. The molecule has 1 aliphatic rings. The van der Waals surface area contributed by atoms with Crippen molar-refractivity contribution < 1.29 is 14.7 Å². The summed E-state index contributed by atoms with van der Waals surface area (Å²) in [5.74, 6) is -1.22. The topological polar surface area (TPSA) is 66.4 Å². The van der Waals surface area contributed by atoms with E-state index in [0.29, 0.717) is 5.69 Å². The SMILES string of the molecule is Cc1cccc(C(=O)O)c1NC(=O)C1CC=CC1. The predicted molar refractivity (Wildman–Crippen MR) is 68.6 cm³/mol. The molecule has 0 unspecified atom stereocenters. The zero-order valence-electron chi connectivity index (χ0n) is 10.1. The van der Waals surface area contributed by atoms with Gasteiger partial charge in [-0.15, -0.1) is 0 Å². The Bertz CT molecular complexity index is 512. The van der Waals surface area contributed by atoms with Gasteiger partial charge in [-0.3, -0.25) is 4.79 Å². The Morgan fingerprint density at radius 1 is 1.28 bits per heavy atom. The molecule has 0 saturated carbocycles. The molecule has 0 fully saturated rings. The van der Waals surface area contributed by atoms with Crippen molar-refractivity contribution in [3.63, 3.8) is 0 Å². The number of allylic oxidation sites excluding steroid dienone is 2. The molecule has 2 rings (SSSR count). The van der Waals surface area contributed by atoms with Crippen molar-refractivity contribution in [2.75, 3.05) is 5.32 Å². The number of carbonyl (C=O) groups excluding carboxylic acids is 1. The summed E-state index contributed by atoms with van der Waals surface area (Å²) >= 11 is 0. The third-order valence-electron chi connectivity index (χ3n) is 3.13. The molecule has 2 N–H and O–H groups in total. The van der Waals surface area contributed by atoms with Crippen LogP contribution in [0.5, 0.6) is 0 Å². The van der Waals surface area contributed by atoms with Crippen LogP contribution in [-0.4, -0.2) is 17.0 Å². The first-order valence-electron chi connectivity index (χ1n) is 5.88. The Hall–Kier alpha value is -2.10. The largest absolute Gasteiger partial charge is 0.478 e. The zero-order chi connectivity index (χ0) is 13.1. The average Bonchev–Trinajstić information content (AvgIpc) is 2.85. The number of carbonyl (C=O) groups is 2. The highest BCUT2D eigenvalue weighted by molar-refractivity contribution is 6.02. The van der Waals surface area contributed by atoms with Gasteiger partial charge in [0.2, 0.25) is 5.91 Å². The van der Waals surface area contributed by atoms with Crippen molar-refractivity contribution in [3.8, 4) is 0 Å². The fourth-order valence-corrected chi connectivity index (χ4v) is 2.07. The van der Waals surface area contributed by atoms with E-state index in [1.807, 2.05) is 12.2 Å². The Balaban J connectivity index is 2.22. The molecule has 0 spiro atoms. The van der Waals surface area contributed by atoms with Crippen LogP contribution in [0.2, 0.25) is 0 Å². The standard InChI is InChI=1S/C14H15NO3/c1-9-5-4-8-11(14(17)18)12(9)15-13(16)10-6-2-3-7-10/h2-5,8,10H,6-7H2,1H3,(H,15,16)(H,17,18). The number of rotatable bonds is 3. The summed E-state index contributed by atoms with van der Waals surface area (Å²) in [5, 5.41) is 11.8. The Morgan fingerprint density at radius 2 is 1.94 bits per heavy atom. The van der Waals surface area contributed by atoms with Crippen LogP contribution in [0.1, 0.15) is 28.8 Å². The quantitative estimate of drug-likeness (QED) is 0.804. The van der Waals surface area contributed by atoms with E-state index < -0.39 is 5.97 Å². The summed E-state index contributed by atoms with van der Waals surface area (Å²) in [6.07, 6.45) is 5.39. The lowest BCUT2D eigenvalue weighted by molar-refractivity contribution is -0.119. The molecule has 1 aromatic carbocycles. The minimum Gasteiger partial charge on any atom is -0.478 e. The lowest BCUT2D eigenvalue weighted by Gasteiger charge is -2.14. The van der Waals surface area contributed by atoms with Crippen molar-refractivity contribution in [2.24, 2.45) is 5.92 Å². The molecule has 0 aromatic heterocycles. The van der Waals surface area contributed by atoms with Crippen molar-refractivity contribution in [1.82, 2.24) is 0 Å². The number of hydrogen-bond acceptors (Lipinski definition) is 2. The van der Waals surface area contributed by atoms with Crippen LogP contribution in [0.3, 0.4) is 0 Å². The van der Waals surface area contributed by atoms with Gasteiger partial charge in [-0.05, 0) is 31.4 Å². The number of carboxylic acids is 1. The number of anilines is 1. The van der Waals surface area contributed by atoms with Crippen LogP contribution in [0.4, 0.5) is 5.69 Å². The van der Waals surface area contributed by atoms with Gasteiger partial charge >= 0.3 is 5.97 Å². The monoisotopic (exact) mass is 245 g/mol. The van der Waals surface area contributed by atoms with Crippen LogP contribution in [0, 0.1) is 12.8 Å². The van der Waals surface area contributed by atoms with Crippen LogP contribution in [0.15, 0.2) is 30.4 Å². The van der Waals surface area contributed by atoms with E-state index in [0.717, 1.165) is 18.4 Å². The second kappa shape index (κ2) is 5.04. The molecule has 0 saturated heterocycles. The first-order chi connectivity index (χ1) is 8.59. The Kier molecular flexibility index (Phi) is 3.46. The number of aryl methyl sites for hydroxylation is 1. The molecule has 1 aromatic rings. The summed E-state index contributed by atoms with van der Waals surface area (Å²) in [7, 11) is 0. The first kappa shape index (κ1) is 12.4. The van der Waals surface area contributed by atoms with Crippen molar-refractivity contribution in [3.05, 3.63) is 41.5 Å². The van der Waals surface area contributed by atoms with Crippen molar-refractivity contribution in [2.45, 2.75) is 19.8 Å².